The van der Waals surface area contributed by atoms with E-state index in [-0.39, 0.29) is 18.1 Å². The van der Waals surface area contributed by atoms with Gasteiger partial charge < -0.3 is 23.8 Å². The molecule has 1 aromatic heterocycles. The summed E-state index contributed by atoms with van der Waals surface area (Å²) < 4.78 is 13.1. The number of anilines is 1. The molecule has 2 aromatic rings. The van der Waals surface area contributed by atoms with Crippen molar-refractivity contribution in [2.24, 2.45) is 0 Å². The Balaban J connectivity index is 1.40. The molecule has 1 aromatic carbocycles. The van der Waals surface area contributed by atoms with Crippen LogP contribution in [0.5, 0.6) is 11.5 Å². The van der Waals surface area contributed by atoms with Crippen molar-refractivity contribution < 1.29 is 14.3 Å². The molecular weight excluding hydrogens is 348 g/mol. The molecule has 0 unspecified atom stereocenters. The van der Waals surface area contributed by atoms with Gasteiger partial charge in [-0.3, -0.25) is 9.59 Å². The molecule has 2 aliphatic rings. The van der Waals surface area contributed by atoms with Gasteiger partial charge in [-0.1, -0.05) is 12.1 Å². The number of carbonyl (C=O) groups is 1. The first-order valence-corrected chi connectivity index (χ1v) is 9.15. The molecule has 3 heterocycles. The van der Waals surface area contributed by atoms with Crippen LogP contribution in [-0.2, 0) is 11.3 Å². The number of hydrogen-bond donors (Lipinski definition) is 0. The fourth-order valence-corrected chi connectivity index (χ4v) is 3.39. The number of carbonyl (C=O) groups excluding carboxylic acids is 1. The van der Waals surface area contributed by atoms with Gasteiger partial charge in [0.25, 0.3) is 11.5 Å². The minimum absolute atomic E-state index is 0.0869. The monoisotopic (exact) mass is 370 g/mol. The van der Waals surface area contributed by atoms with Crippen molar-refractivity contribution in [1.82, 2.24) is 14.5 Å². The molecule has 0 spiro atoms. The number of hydrogen-bond acceptors (Lipinski definition) is 6. The van der Waals surface area contributed by atoms with Crippen LogP contribution in [-0.4, -0.2) is 59.2 Å². The van der Waals surface area contributed by atoms with E-state index in [2.05, 4.69) is 4.98 Å². The van der Waals surface area contributed by atoms with E-state index in [9.17, 15) is 9.59 Å². The van der Waals surface area contributed by atoms with Gasteiger partial charge in [-0.15, -0.1) is 0 Å². The summed E-state index contributed by atoms with van der Waals surface area (Å²) in [6, 6.07) is 7.34. The molecule has 4 rings (SSSR count). The molecule has 8 nitrogen and oxygen atoms in total. The summed E-state index contributed by atoms with van der Waals surface area (Å²) >= 11 is 0. The number of piperazine rings is 1. The Morgan fingerprint density at radius 3 is 2.67 bits per heavy atom. The number of rotatable bonds is 3. The third-order valence-electron chi connectivity index (χ3n) is 4.91. The minimum atomic E-state index is -0.640. The second-order valence-electron chi connectivity index (χ2n) is 6.52. The first-order valence-electron chi connectivity index (χ1n) is 9.15. The van der Waals surface area contributed by atoms with E-state index in [0.717, 1.165) is 0 Å². The maximum absolute atomic E-state index is 12.8. The van der Waals surface area contributed by atoms with E-state index in [1.807, 2.05) is 30.0 Å². The van der Waals surface area contributed by atoms with Crippen molar-refractivity contribution in [2.45, 2.75) is 19.6 Å². The van der Waals surface area contributed by atoms with Crippen molar-refractivity contribution in [2.75, 3.05) is 37.7 Å². The smallest absolute Gasteiger partial charge is 0.293 e. The number of aromatic nitrogens is 2. The topological polar surface area (TPSA) is 76.9 Å². The van der Waals surface area contributed by atoms with Crippen LogP contribution < -0.4 is 19.9 Å². The first-order chi connectivity index (χ1) is 13.2. The van der Waals surface area contributed by atoms with Gasteiger partial charge in [0, 0.05) is 45.1 Å². The van der Waals surface area contributed by atoms with Crippen molar-refractivity contribution in [1.29, 1.82) is 0 Å². The van der Waals surface area contributed by atoms with E-state index in [1.54, 1.807) is 27.9 Å². The molecule has 0 radical (unpaired) electrons. The van der Waals surface area contributed by atoms with Crippen molar-refractivity contribution in [3.8, 4) is 11.5 Å². The summed E-state index contributed by atoms with van der Waals surface area (Å²) in [5, 5.41) is 0. The molecule has 1 atom stereocenters. The Bertz CT molecular complexity index is 889. The number of ether oxygens (including phenoxy) is 2. The predicted octanol–water partition coefficient (Wildman–Crippen LogP) is 0.752. The van der Waals surface area contributed by atoms with Gasteiger partial charge in [0.15, 0.2) is 17.3 Å². The van der Waals surface area contributed by atoms with Gasteiger partial charge in [-0.05, 0) is 19.1 Å². The van der Waals surface area contributed by atoms with E-state index < -0.39 is 6.10 Å². The number of para-hydroxylation sites is 2. The highest BCUT2D eigenvalue weighted by Gasteiger charge is 2.33. The summed E-state index contributed by atoms with van der Waals surface area (Å²) in [7, 11) is 0. The predicted molar refractivity (Wildman–Crippen MR) is 99.3 cm³/mol. The maximum atomic E-state index is 12.8. The summed E-state index contributed by atoms with van der Waals surface area (Å²) in [6.45, 7) is 4.89. The van der Waals surface area contributed by atoms with Gasteiger partial charge >= 0.3 is 0 Å². The number of fused-ring (bicyclic) bond motifs is 1. The fourth-order valence-electron chi connectivity index (χ4n) is 3.39. The third-order valence-corrected chi connectivity index (χ3v) is 4.91. The van der Waals surface area contributed by atoms with Crippen molar-refractivity contribution >= 4 is 11.7 Å². The van der Waals surface area contributed by atoms with Crippen LogP contribution >= 0.6 is 0 Å². The highest BCUT2D eigenvalue weighted by Crippen LogP contribution is 2.31. The van der Waals surface area contributed by atoms with Gasteiger partial charge in [-0.2, -0.15) is 0 Å². The van der Waals surface area contributed by atoms with Crippen LogP contribution in [0, 0.1) is 0 Å². The van der Waals surface area contributed by atoms with Crippen LogP contribution in [0.1, 0.15) is 6.92 Å². The number of nitrogens with zero attached hydrogens (tertiary/aromatic N) is 4. The summed E-state index contributed by atoms with van der Waals surface area (Å²) in [6.07, 6.45) is 2.69. The lowest BCUT2D eigenvalue weighted by atomic mass is 10.2. The molecule has 0 bridgehead atoms. The number of amides is 1. The summed E-state index contributed by atoms with van der Waals surface area (Å²) in [4.78, 5) is 33.2. The quantitative estimate of drug-likeness (QED) is 0.794. The van der Waals surface area contributed by atoms with Gasteiger partial charge in [-0.25, -0.2) is 4.98 Å². The molecule has 8 heteroatoms. The maximum Gasteiger partial charge on any atom is 0.293 e. The lowest BCUT2D eigenvalue weighted by molar-refractivity contribution is -0.141. The van der Waals surface area contributed by atoms with Gasteiger partial charge in [0.2, 0.25) is 6.10 Å². The molecular formula is C19H22N4O4. The van der Waals surface area contributed by atoms with Crippen LogP contribution in [0.2, 0.25) is 0 Å². The average molecular weight is 370 g/mol. The number of benzene rings is 1. The number of aryl methyl sites for hydroxylation is 1. The zero-order valence-electron chi connectivity index (χ0n) is 15.2. The molecule has 0 aliphatic carbocycles. The molecule has 0 N–H and O–H groups in total. The van der Waals surface area contributed by atoms with Crippen molar-refractivity contribution in [3.05, 3.63) is 47.0 Å². The second-order valence-corrected chi connectivity index (χ2v) is 6.52. The fraction of sp³-hybridized carbons (Fsp3) is 0.421. The van der Waals surface area contributed by atoms with Gasteiger partial charge in [0.05, 0.1) is 0 Å². The highest BCUT2D eigenvalue weighted by molar-refractivity contribution is 5.82. The molecule has 1 saturated heterocycles. The van der Waals surface area contributed by atoms with Gasteiger partial charge in [0.1, 0.15) is 6.61 Å². The largest absolute Gasteiger partial charge is 0.485 e. The Kier molecular flexibility index (Phi) is 4.70. The standard InChI is InChI=1S/C19H22N4O4/c1-2-21-8-7-20-17(19(21)25)22-9-11-23(12-10-22)18(24)16-13-26-14-5-3-4-6-15(14)27-16/h3-8,16H,2,9-13H2,1H3/t16-/m0/s1. The third kappa shape index (κ3) is 3.34. The van der Waals surface area contributed by atoms with E-state index >= 15 is 0 Å². The lowest BCUT2D eigenvalue weighted by Gasteiger charge is -2.37. The summed E-state index contributed by atoms with van der Waals surface area (Å²) in [5.74, 6) is 1.61. The zero-order valence-corrected chi connectivity index (χ0v) is 15.2. The highest BCUT2D eigenvalue weighted by atomic mass is 16.6. The normalized spacial score (nSPS) is 19.1. The molecule has 0 saturated carbocycles. The second kappa shape index (κ2) is 7.30. The Labute approximate surface area is 156 Å². The minimum Gasteiger partial charge on any atom is -0.485 e. The SMILES string of the molecule is CCn1ccnc(N2CCN(C(=O)[C@@H]3COc4ccccc4O3)CC2)c1=O. The van der Waals surface area contributed by atoms with Crippen LogP contribution in [0.25, 0.3) is 0 Å². The Morgan fingerprint density at radius 2 is 1.93 bits per heavy atom. The lowest BCUT2D eigenvalue weighted by Crippen LogP contribution is -2.55. The van der Waals surface area contributed by atoms with Crippen molar-refractivity contribution in [3.63, 3.8) is 0 Å². The molecule has 2 aliphatic heterocycles. The molecule has 1 fully saturated rings. The molecule has 1 amide bonds. The zero-order chi connectivity index (χ0) is 18.8. The van der Waals surface area contributed by atoms with Crippen LogP contribution in [0.4, 0.5) is 5.82 Å². The first kappa shape index (κ1) is 17.4. The van der Waals surface area contributed by atoms with Crippen LogP contribution in [0.3, 0.4) is 0 Å². The Morgan fingerprint density at radius 1 is 1.19 bits per heavy atom. The molecule has 27 heavy (non-hydrogen) atoms. The van der Waals surface area contributed by atoms with Crippen LogP contribution in [0.15, 0.2) is 41.5 Å². The van der Waals surface area contributed by atoms with E-state index in [0.29, 0.717) is 50.0 Å². The van der Waals surface area contributed by atoms with E-state index in [4.69, 9.17) is 9.47 Å². The molecule has 142 valence electrons. The Hall–Kier alpha value is -3.03. The van der Waals surface area contributed by atoms with E-state index in [1.165, 1.54) is 0 Å². The average Bonchev–Trinajstić information content (AvgIpc) is 2.73. The summed E-state index contributed by atoms with van der Waals surface area (Å²) in [5.41, 5.74) is -0.0969.